The summed E-state index contributed by atoms with van der Waals surface area (Å²) >= 11 is 1.52. The molecule has 0 saturated heterocycles. The maximum Gasteiger partial charge on any atom is 0.325 e. The number of fused-ring (bicyclic) bond motifs is 2. The normalized spacial score (nSPS) is 14.5. The summed E-state index contributed by atoms with van der Waals surface area (Å²) in [6.45, 7) is 0.985. The number of carbonyl (C=O) groups is 1. The van der Waals surface area contributed by atoms with Gasteiger partial charge in [0, 0.05) is 52.6 Å². The third-order valence-corrected chi connectivity index (χ3v) is 7.37. The average molecular weight is 498 g/mol. The second kappa shape index (κ2) is 9.20. The molecule has 10 heteroatoms. The van der Waals surface area contributed by atoms with Crippen molar-refractivity contribution in [1.82, 2.24) is 14.9 Å². The highest BCUT2D eigenvalue weighted by molar-refractivity contribution is 7.15. The van der Waals surface area contributed by atoms with E-state index in [-0.39, 0.29) is 5.82 Å². The lowest BCUT2D eigenvalue weighted by Crippen LogP contribution is -2.37. The minimum Gasteiger partial charge on any atom is -0.493 e. The molecule has 0 saturated carbocycles. The highest BCUT2D eigenvalue weighted by Crippen LogP contribution is 2.43. The van der Waals surface area contributed by atoms with Gasteiger partial charge in [-0.25, -0.2) is 9.37 Å². The zero-order chi connectivity index (χ0) is 24.7. The summed E-state index contributed by atoms with van der Waals surface area (Å²) < 4.78 is 30.0. The maximum absolute atomic E-state index is 13.6. The molecule has 1 aliphatic heterocycles. The fraction of sp³-hybridized carbons (Fsp3) is 0.280. The number of aromatic nitrogens is 2. The second-order valence-electron chi connectivity index (χ2n) is 8.20. The Hall–Kier alpha value is -3.63. The van der Waals surface area contributed by atoms with Gasteiger partial charge < -0.3 is 24.3 Å². The minimum atomic E-state index is -0.951. The first-order chi connectivity index (χ1) is 16.9. The van der Waals surface area contributed by atoms with Crippen molar-refractivity contribution in [3.8, 4) is 27.8 Å². The van der Waals surface area contributed by atoms with Crippen LogP contribution < -0.4 is 14.2 Å². The molecule has 2 N–H and O–H groups in total. The van der Waals surface area contributed by atoms with Crippen molar-refractivity contribution in [2.75, 3.05) is 27.9 Å². The lowest BCUT2D eigenvalue weighted by atomic mass is 10.0. The molecule has 0 aliphatic carbocycles. The molecule has 1 aliphatic rings. The molecule has 4 aromatic rings. The smallest absolute Gasteiger partial charge is 0.325 e. The van der Waals surface area contributed by atoms with Gasteiger partial charge in [-0.1, -0.05) is 0 Å². The number of ether oxygens (including phenoxy) is 3. The van der Waals surface area contributed by atoms with Gasteiger partial charge in [0.1, 0.15) is 16.9 Å². The average Bonchev–Trinajstić information content (AvgIpc) is 3.46. The molecule has 35 heavy (non-hydrogen) atoms. The number of aromatic amines is 1. The number of nitrogens with zero attached hydrogens (tertiary/aromatic N) is 2. The van der Waals surface area contributed by atoms with Crippen LogP contribution in [0.1, 0.15) is 22.2 Å². The van der Waals surface area contributed by atoms with Gasteiger partial charge in [0.15, 0.2) is 11.5 Å². The van der Waals surface area contributed by atoms with Crippen LogP contribution in [-0.4, -0.2) is 53.8 Å². The Balaban J connectivity index is 1.48. The minimum absolute atomic E-state index is 0.371. The fourth-order valence-electron chi connectivity index (χ4n) is 4.60. The topological polar surface area (TPSA) is 96.9 Å². The number of halogens is 1. The van der Waals surface area contributed by atoms with E-state index in [1.807, 2.05) is 17.0 Å². The van der Waals surface area contributed by atoms with Gasteiger partial charge in [-0.05, 0) is 30.3 Å². The molecule has 0 amide bonds. The molecular weight excluding hydrogens is 473 g/mol. The number of rotatable bonds is 7. The first-order valence-corrected chi connectivity index (χ1v) is 11.8. The third kappa shape index (κ3) is 4.08. The lowest BCUT2D eigenvalue weighted by Gasteiger charge is -2.31. The van der Waals surface area contributed by atoms with E-state index in [1.54, 1.807) is 33.6 Å². The molecule has 0 unspecified atom stereocenters. The molecule has 0 radical (unpaired) electrons. The first kappa shape index (κ1) is 23.1. The van der Waals surface area contributed by atoms with Crippen LogP contribution in [0.3, 0.4) is 0 Å². The fourth-order valence-corrected chi connectivity index (χ4v) is 5.72. The number of methoxy groups -OCH3 is 3. The second-order valence-corrected chi connectivity index (χ2v) is 9.28. The Morgan fingerprint density at radius 2 is 1.91 bits per heavy atom. The van der Waals surface area contributed by atoms with Crippen molar-refractivity contribution in [2.45, 2.75) is 19.0 Å². The van der Waals surface area contributed by atoms with Crippen LogP contribution in [0.5, 0.6) is 17.2 Å². The maximum atomic E-state index is 13.6. The molecule has 3 heterocycles. The number of thiazole rings is 1. The molecular formula is C25H24FN3O5S. The van der Waals surface area contributed by atoms with Crippen LogP contribution in [0.2, 0.25) is 0 Å². The molecule has 2 aromatic carbocycles. The highest BCUT2D eigenvalue weighted by atomic mass is 32.1. The zero-order valence-electron chi connectivity index (χ0n) is 19.4. The van der Waals surface area contributed by atoms with Crippen molar-refractivity contribution in [1.29, 1.82) is 0 Å². The van der Waals surface area contributed by atoms with Crippen molar-refractivity contribution < 1.29 is 28.5 Å². The van der Waals surface area contributed by atoms with Gasteiger partial charge >= 0.3 is 5.97 Å². The number of hydrogen-bond donors (Lipinski definition) is 2. The Morgan fingerprint density at radius 1 is 1.17 bits per heavy atom. The van der Waals surface area contributed by atoms with E-state index in [4.69, 9.17) is 19.2 Å². The van der Waals surface area contributed by atoms with E-state index < -0.39 is 12.0 Å². The predicted molar refractivity (Wildman–Crippen MR) is 130 cm³/mol. The summed E-state index contributed by atoms with van der Waals surface area (Å²) in [5, 5.41) is 11.6. The Kier molecular flexibility index (Phi) is 6.08. The van der Waals surface area contributed by atoms with E-state index in [1.165, 1.54) is 23.5 Å². The molecule has 1 atom stereocenters. The summed E-state index contributed by atoms with van der Waals surface area (Å²) in [6, 6.07) is 7.19. The monoisotopic (exact) mass is 497 g/mol. The molecule has 2 aromatic heterocycles. The van der Waals surface area contributed by atoms with Crippen LogP contribution in [0.25, 0.3) is 21.5 Å². The quantitative estimate of drug-likeness (QED) is 0.384. The molecule has 0 bridgehead atoms. The van der Waals surface area contributed by atoms with E-state index in [2.05, 4.69) is 4.98 Å². The Labute approximate surface area is 204 Å². The number of carboxylic acids is 1. The predicted octanol–water partition coefficient (Wildman–Crippen LogP) is 4.64. The van der Waals surface area contributed by atoms with Gasteiger partial charge in [-0.15, -0.1) is 11.3 Å². The number of nitrogens with one attached hydrogen (secondary N) is 1. The van der Waals surface area contributed by atoms with E-state index in [0.29, 0.717) is 53.2 Å². The summed E-state index contributed by atoms with van der Waals surface area (Å²) in [5.41, 5.74) is 2.98. The van der Waals surface area contributed by atoms with Gasteiger partial charge in [-0.3, -0.25) is 9.69 Å². The summed E-state index contributed by atoms with van der Waals surface area (Å²) in [4.78, 5) is 23.1. The molecule has 182 valence electrons. The van der Waals surface area contributed by atoms with E-state index in [0.717, 1.165) is 21.1 Å². The van der Waals surface area contributed by atoms with Crippen LogP contribution in [0.4, 0.5) is 4.39 Å². The van der Waals surface area contributed by atoms with Gasteiger partial charge in [-0.2, -0.15) is 0 Å². The zero-order valence-corrected chi connectivity index (χ0v) is 20.2. The van der Waals surface area contributed by atoms with Gasteiger partial charge in [0.2, 0.25) is 5.75 Å². The largest absolute Gasteiger partial charge is 0.493 e. The van der Waals surface area contributed by atoms with Crippen LogP contribution in [0, 0.1) is 5.82 Å². The summed E-state index contributed by atoms with van der Waals surface area (Å²) in [6.07, 6.45) is 2.28. The van der Waals surface area contributed by atoms with Crippen LogP contribution in [-0.2, 0) is 17.8 Å². The Morgan fingerprint density at radius 3 is 2.57 bits per heavy atom. The molecule has 0 spiro atoms. The number of benzene rings is 2. The van der Waals surface area contributed by atoms with Crippen molar-refractivity contribution in [3.63, 3.8) is 0 Å². The van der Waals surface area contributed by atoms with Crippen LogP contribution in [0.15, 0.2) is 36.5 Å². The number of carboxylic acid groups (broad SMARTS) is 1. The van der Waals surface area contributed by atoms with Gasteiger partial charge in [0.05, 0.1) is 27.0 Å². The van der Waals surface area contributed by atoms with Crippen molar-refractivity contribution >= 4 is 28.2 Å². The van der Waals surface area contributed by atoms with Gasteiger partial charge in [0.25, 0.3) is 0 Å². The summed E-state index contributed by atoms with van der Waals surface area (Å²) in [5.74, 6) is 0.267. The van der Waals surface area contributed by atoms with E-state index in [9.17, 15) is 14.3 Å². The van der Waals surface area contributed by atoms with Crippen LogP contribution >= 0.6 is 11.3 Å². The standard InChI is InChI=1S/C25H24FN3O5S/c1-32-19-8-13(9-20(33-2)23(19)34-3)24-28-17-6-7-29(12-21(17)35-24)22(25(30)31)16-11-27-18-10-14(26)4-5-15(16)18/h4-5,8-11,22,27H,6-7,12H2,1-3H3,(H,30,31)/t22-/m1/s1. The summed E-state index contributed by atoms with van der Waals surface area (Å²) in [7, 11) is 4.69. The number of H-pyrrole nitrogens is 1. The van der Waals surface area contributed by atoms with Crippen molar-refractivity contribution in [3.05, 3.63) is 58.5 Å². The number of hydrogen-bond acceptors (Lipinski definition) is 7. The number of aliphatic carboxylic acids is 1. The first-order valence-electron chi connectivity index (χ1n) is 11.0. The highest BCUT2D eigenvalue weighted by Gasteiger charge is 2.33. The SMILES string of the molecule is COc1cc(-c2nc3c(s2)CN([C@@H](C(=O)O)c2c[nH]c4cc(F)ccc24)CC3)cc(OC)c1OC. The third-order valence-electron chi connectivity index (χ3n) is 6.24. The van der Waals surface area contributed by atoms with Crippen molar-refractivity contribution in [2.24, 2.45) is 0 Å². The molecule has 8 nitrogen and oxygen atoms in total. The lowest BCUT2D eigenvalue weighted by molar-refractivity contribution is -0.144. The van der Waals surface area contributed by atoms with E-state index >= 15 is 0 Å². The Bertz CT molecular complexity index is 1390. The molecule has 5 rings (SSSR count). The molecule has 0 fully saturated rings.